The summed E-state index contributed by atoms with van der Waals surface area (Å²) in [7, 11) is 0. The van der Waals surface area contributed by atoms with Gasteiger partial charge in [0.2, 0.25) is 0 Å². The average Bonchev–Trinajstić information content (AvgIpc) is 3.32. The maximum atomic E-state index is 16.6. The van der Waals surface area contributed by atoms with Gasteiger partial charge in [0.15, 0.2) is 0 Å². The first-order valence-corrected chi connectivity index (χ1v) is 15.8. The molecule has 216 valence electrons. The number of carboxylic acids is 1. The molecule has 4 aliphatic carbocycles. The monoisotopic (exact) mass is 546 g/mol. The van der Waals surface area contributed by atoms with Gasteiger partial charge in [0.25, 0.3) is 0 Å². The van der Waals surface area contributed by atoms with Gasteiger partial charge in [-0.2, -0.15) is 0 Å². The molecule has 4 saturated carbocycles. The normalized spacial score (nSPS) is 41.4. The lowest BCUT2D eigenvalue weighted by Gasteiger charge is -2.63. The molecule has 0 radical (unpaired) electrons. The van der Waals surface area contributed by atoms with Gasteiger partial charge >= 0.3 is 5.97 Å². The molecule has 2 aromatic carbocycles. The van der Waals surface area contributed by atoms with Crippen molar-refractivity contribution in [2.24, 2.45) is 46.3 Å². The number of hydrogen-bond acceptors (Lipinski definition) is 2. The Hall–Kier alpha value is -2.20. The zero-order valence-electron chi connectivity index (χ0n) is 24.5. The number of rotatable bonds is 6. The van der Waals surface area contributed by atoms with Crippen molar-refractivity contribution in [1.82, 2.24) is 0 Å². The van der Waals surface area contributed by atoms with Crippen LogP contribution in [0.4, 0.5) is 4.39 Å². The third-order valence-corrected chi connectivity index (χ3v) is 12.9. The smallest absolute Gasteiger partial charge is 0.303 e. The van der Waals surface area contributed by atoms with Crippen molar-refractivity contribution in [3.05, 3.63) is 60.2 Å². The summed E-state index contributed by atoms with van der Waals surface area (Å²) >= 11 is 0. The highest BCUT2D eigenvalue weighted by atomic mass is 19.1. The van der Waals surface area contributed by atoms with Gasteiger partial charge < -0.3 is 10.2 Å². The lowest BCUT2D eigenvalue weighted by atomic mass is 9.43. The van der Waals surface area contributed by atoms with Gasteiger partial charge in [-0.3, -0.25) is 4.79 Å². The van der Waals surface area contributed by atoms with Crippen LogP contribution in [0.15, 0.2) is 54.6 Å². The van der Waals surface area contributed by atoms with E-state index >= 15 is 4.39 Å². The molecule has 0 aromatic heterocycles. The first-order valence-electron chi connectivity index (χ1n) is 15.8. The second-order valence-electron chi connectivity index (χ2n) is 14.5. The molecule has 0 saturated heterocycles. The molecule has 4 heteroatoms. The third-order valence-electron chi connectivity index (χ3n) is 12.9. The van der Waals surface area contributed by atoms with Crippen LogP contribution < -0.4 is 0 Å². The highest BCUT2D eigenvalue weighted by molar-refractivity contribution is 5.66. The Morgan fingerprint density at radius 1 is 0.850 bits per heavy atom. The van der Waals surface area contributed by atoms with Crippen molar-refractivity contribution in [3.63, 3.8) is 0 Å². The Kier molecular flexibility index (Phi) is 7.17. The van der Waals surface area contributed by atoms with Gasteiger partial charge in [-0.1, -0.05) is 75.4 Å². The van der Waals surface area contributed by atoms with E-state index in [9.17, 15) is 15.0 Å². The summed E-state index contributed by atoms with van der Waals surface area (Å²) in [4.78, 5) is 11.2. The Labute approximate surface area is 239 Å². The summed E-state index contributed by atoms with van der Waals surface area (Å²) in [5.41, 5.74) is 1.70. The number of carboxylic acid groups (broad SMARTS) is 1. The molecule has 2 N–H and O–H groups in total. The SMILES string of the molecule is C[C@H](CCC(=O)O)[C@H]1CC[C@H]2[C@@H]3CC[C@@H]4C(F)[C@@](O)(c5ccc(-c6ccccc6)cc5)CC[C@]4(C)[C@H]3CC[C@]12C. The number of aliphatic carboxylic acids is 1. The molecular weight excluding hydrogens is 499 g/mol. The molecule has 0 aliphatic heterocycles. The highest BCUT2D eigenvalue weighted by Gasteiger charge is 2.64. The fraction of sp³-hybridized carbons (Fsp3) is 0.639. The van der Waals surface area contributed by atoms with E-state index in [0.29, 0.717) is 41.6 Å². The van der Waals surface area contributed by atoms with Crippen LogP contribution in [-0.2, 0) is 10.4 Å². The minimum atomic E-state index is -1.42. The molecule has 0 spiro atoms. The number of hydrogen-bond donors (Lipinski definition) is 2. The molecule has 0 bridgehead atoms. The van der Waals surface area contributed by atoms with E-state index < -0.39 is 17.7 Å². The van der Waals surface area contributed by atoms with Crippen LogP contribution in [0.2, 0.25) is 0 Å². The van der Waals surface area contributed by atoms with Crippen LogP contribution in [0, 0.1) is 46.3 Å². The first kappa shape index (κ1) is 27.9. The molecular formula is C36H47FO3. The summed E-state index contributed by atoms with van der Waals surface area (Å²) in [6.07, 6.45) is 7.80. The van der Waals surface area contributed by atoms with Crippen molar-refractivity contribution in [2.75, 3.05) is 0 Å². The van der Waals surface area contributed by atoms with Gasteiger partial charge in [-0.05, 0) is 121 Å². The molecule has 1 unspecified atom stereocenters. The van der Waals surface area contributed by atoms with Gasteiger partial charge in [-0.15, -0.1) is 0 Å². The second-order valence-corrected chi connectivity index (χ2v) is 14.5. The molecule has 2 aromatic rings. The standard InChI is InChI=1S/C36H47FO3/c1-23(9-18-32(38)39)28-16-17-29-27-14-15-31-33(37)36(40,22-21-35(31,3)30(27)19-20-34(28,29)2)26-12-10-25(11-13-26)24-7-5-4-6-8-24/h4-8,10-13,23,27-31,33,40H,9,14-22H2,1-3H3,(H,38,39)/t23-,27+,28-,29+,30+,31-,33?,34-,35-,36+/m1/s1. The quantitative estimate of drug-likeness (QED) is 0.381. The van der Waals surface area contributed by atoms with Crippen molar-refractivity contribution in [1.29, 1.82) is 0 Å². The molecule has 40 heavy (non-hydrogen) atoms. The molecule has 4 fully saturated rings. The summed E-state index contributed by atoms with van der Waals surface area (Å²) in [5.74, 6) is 2.02. The predicted molar refractivity (Wildman–Crippen MR) is 157 cm³/mol. The minimum absolute atomic E-state index is 0.0765. The van der Waals surface area contributed by atoms with Gasteiger partial charge in [0, 0.05) is 6.42 Å². The van der Waals surface area contributed by atoms with Crippen molar-refractivity contribution < 1.29 is 19.4 Å². The molecule has 0 amide bonds. The van der Waals surface area contributed by atoms with E-state index in [1.807, 2.05) is 42.5 Å². The number of alkyl halides is 1. The van der Waals surface area contributed by atoms with E-state index in [4.69, 9.17) is 0 Å². The number of benzene rings is 2. The Balaban J connectivity index is 1.20. The summed E-state index contributed by atoms with van der Waals surface area (Å²) < 4.78 is 16.6. The number of halogens is 1. The van der Waals surface area contributed by atoms with E-state index in [1.165, 1.54) is 19.3 Å². The maximum absolute atomic E-state index is 16.6. The fourth-order valence-corrected chi connectivity index (χ4v) is 10.7. The number of aliphatic hydroxyl groups is 1. The van der Waals surface area contributed by atoms with E-state index in [1.54, 1.807) is 0 Å². The van der Waals surface area contributed by atoms with Crippen LogP contribution >= 0.6 is 0 Å². The molecule has 6 rings (SSSR count). The lowest BCUT2D eigenvalue weighted by Crippen LogP contribution is -2.60. The van der Waals surface area contributed by atoms with E-state index in [2.05, 4.69) is 32.9 Å². The molecule has 4 aliphatic rings. The summed E-state index contributed by atoms with van der Waals surface area (Å²) in [6, 6.07) is 18.1. The topological polar surface area (TPSA) is 57.5 Å². The Bertz CT molecular complexity index is 1210. The summed E-state index contributed by atoms with van der Waals surface area (Å²) in [6.45, 7) is 7.12. The largest absolute Gasteiger partial charge is 0.481 e. The van der Waals surface area contributed by atoms with Crippen LogP contribution in [0.3, 0.4) is 0 Å². The van der Waals surface area contributed by atoms with Crippen LogP contribution in [0.5, 0.6) is 0 Å². The fourth-order valence-electron chi connectivity index (χ4n) is 10.7. The van der Waals surface area contributed by atoms with E-state index in [0.717, 1.165) is 43.2 Å². The first-order chi connectivity index (χ1) is 19.1. The maximum Gasteiger partial charge on any atom is 0.303 e. The van der Waals surface area contributed by atoms with Gasteiger partial charge in [-0.25, -0.2) is 4.39 Å². The average molecular weight is 547 g/mol. The highest BCUT2D eigenvalue weighted by Crippen LogP contribution is 2.69. The Morgan fingerprint density at radius 2 is 1.50 bits per heavy atom. The summed E-state index contributed by atoms with van der Waals surface area (Å²) in [5, 5.41) is 21.1. The number of fused-ring (bicyclic) bond motifs is 5. The Morgan fingerprint density at radius 3 is 2.20 bits per heavy atom. The van der Waals surface area contributed by atoms with Crippen molar-refractivity contribution in [2.45, 2.75) is 96.8 Å². The third kappa shape index (κ3) is 4.35. The van der Waals surface area contributed by atoms with Crippen LogP contribution in [0.25, 0.3) is 11.1 Å². The molecule has 3 nitrogen and oxygen atoms in total. The molecule has 10 atom stereocenters. The zero-order chi connectivity index (χ0) is 28.3. The van der Waals surface area contributed by atoms with Gasteiger partial charge in [0.05, 0.1) is 0 Å². The minimum Gasteiger partial charge on any atom is -0.481 e. The van der Waals surface area contributed by atoms with Crippen molar-refractivity contribution in [3.8, 4) is 11.1 Å². The second kappa shape index (κ2) is 10.3. The van der Waals surface area contributed by atoms with Gasteiger partial charge in [0.1, 0.15) is 11.8 Å². The zero-order valence-corrected chi connectivity index (χ0v) is 24.5. The van der Waals surface area contributed by atoms with Crippen LogP contribution in [-0.4, -0.2) is 22.4 Å². The van der Waals surface area contributed by atoms with Crippen molar-refractivity contribution >= 4 is 5.97 Å². The van der Waals surface area contributed by atoms with Crippen LogP contribution in [0.1, 0.15) is 90.5 Å². The molecule has 0 heterocycles. The van der Waals surface area contributed by atoms with E-state index in [-0.39, 0.29) is 23.2 Å². The predicted octanol–water partition coefficient (Wildman–Crippen LogP) is 8.65. The lowest BCUT2D eigenvalue weighted by molar-refractivity contribution is -0.193. The number of carbonyl (C=O) groups is 1.